The molecule has 0 unspecified atom stereocenters. The summed E-state index contributed by atoms with van der Waals surface area (Å²) in [6.07, 6.45) is 1.66. The molecule has 0 radical (unpaired) electrons. The van der Waals surface area contributed by atoms with Gasteiger partial charge in [0.25, 0.3) is 5.91 Å². The molecule has 2 rings (SSSR count). The largest absolute Gasteiger partial charge is 0.494 e. The fourth-order valence-corrected chi connectivity index (χ4v) is 2.39. The van der Waals surface area contributed by atoms with Crippen molar-refractivity contribution in [1.82, 2.24) is 5.43 Å². The van der Waals surface area contributed by atoms with E-state index in [0.717, 1.165) is 16.2 Å². The second-order valence-corrected chi connectivity index (χ2v) is 5.07. The van der Waals surface area contributed by atoms with Crippen molar-refractivity contribution in [1.29, 1.82) is 0 Å². The Morgan fingerprint density at radius 3 is 2.70 bits per heavy atom. The molecule has 0 fully saturated rings. The van der Waals surface area contributed by atoms with Gasteiger partial charge in [0.15, 0.2) is 0 Å². The molecule has 1 heterocycles. The first kappa shape index (κ1) is 14.3. The Labute approximate surface area is 122 Å². The summed E-state index contributed by atoms with van der Waals surface area (Å²) < 4.78 is 5.32. The molecule has 0 aliphatic rings. The number of carbonyl (C=O) groups is 1. The zero-order chi connectivity index (χ0) is 14.4. The average Bonchev–Trinajstić information content (AvgIpc) is 2.85. The molecule has 1 amide bonds. The number of hydrogen-bond acceptors (Lipinski definition) is 4. The van der Waals surface area contributed by atoms with Crippen molar-refractivity contribution < 1.29 is 9.53 Å². The van der Waals surface area contributed by atoms with Crippen LogP contribution in [0.1, 0.15) is 27.7 Å². The Morgan fingerprint density at radius 1 is 1.35 bits per heavy atom. The highest BCUT2D eigenvalue weighted by atomic mass is 32.1. The predicted octanol–water partition coefficient (Wildman–Crippen LogP) is 3.22. The van der Waals surface area contributed by atoms with Crippen LogP contribution in [0.3, 0.4) is 0 Å². The average molecular weight is 288 g/mol. The summed E-state index contributed by atoms with van der Waals surface area (Å²) in [7, 11) is 0. The van der Waals surface area contributed by atoms with Crippen molar-refractivity contribution in [2.24, 2.45) is 5.10 Å². The molecule has 0 bridgehead atoms. The van der Waals surface area contributed by atoms with E-state index in [2.05, 4.69) is 10.5 Å². The minimum absolute atomic E-state index is 0.237. The van der Waals surface area contributed by atoms with E-state index in [0.29, 0.717) is 12.2 Å². The van der Waals surface area contributed by atoms with Crippen LogP contribution in [-0.4, -0.2) is 18.7 Å². The van der Waals surface area contributed by atoms with Crippen LogP contribution in [0.15, 0.2) is 40.8 Å². The lowest BCUT2D eigenvalue weighted by Crippen LogP contribution is -2.17. The van der Waals surface area contributed by atoms with Crippen molar-refractivity contribution in [3.63, 3.8) is 0 Å². The van der Waals surface area contributed by atoms with Crippen LogP contribution < -0.4 is 10.2 Å². The Hall–Kier alpha value is -2.14. The number of aryl methyl sites for hydroxylation is 1. The molecular weight excluding hydrogens is 272 g/mol. The van der Waals surface area contributed by atoms with Crippen LogP contribution in [0.5, 0.6) is 5.75 Å². The van der Waals surface area contributed by atoms with Gasteiger partial charge < -0.3 is 4.74 Å². The summed E-state index contributed by atoms with van der Waals surface area (Å²) in [6, 6.07) is 8.98. The van der Waals surface area contributed by atoms with Crippen LogP contribution in [0, 0.1) is 6.92 Å². The second kappa shape index (κ2) is 6.86. The van der Waals surface area contributed by atoms with Gasteiger partial charge >= 0.3 is 0 Å². The van der Waals surface area contributed by atoms with Gasteiger partial charge in [0.2, 0.25) is 0 Å². The Bertz CT molecular complexity index is 603. The molecule has 1 aromatic heterocycles. The molecule has 0 aliphatic carbocycles. The van der Waals surface area contributed by atoms with Gasteiger partial charge in [-0.05, 0) is 55.1 Å². The number of thiophene rings is 1. The van der Waals surface area contributed by atoms with Crippen LogP contribution in [0.4, 0.5) is 0 Å². The van der Waals surface area contributed by atoms with E-state index < -0.39 is 0 Å². The van der Waals surface area contributed by atoms with Gasteiger partial charge in [-0.2, -0.15) is 5.10 Å². The van der Waals surface area contributed by atoms with Gasteiger partial charge in [0, 0.05) is 10.4 Å². The smallest absolute Gasteiger partial charge is 0.271 e. The molecule has 20 heavy (non-hydrogen) atoms. The first-order valence-electron chi connectivity index (χ1n) is 6.31. The third kappa shape index (κ3) is 3.68. The fourth-order valence-electron chi connectivity index (χ4n) is 1.60. The van der Waals surface area contributed by atoms with Gasteiger partial charge in [0.05, 0.1) is 12.8 Å². The maximum atomic E-state index is 11.9. The maximum Gasteiger partial charge on any atom is 0.271 e. The summed E-state index contributed by atoms with van der Waals surface area (Å²) in [5, 5.41) is 5.96. The van der Waals surface area contributed by atoms with Gasteiger partial charge in [0.1, 0.15) is 5.75 Å². The van der Waals surface area contributed by atoms with E-state index in [4.69, 9.17) is 4.74 Å². The van der Waals surface area contributed by atoms with Gasteiger partial charge in [-0.3, -0.25) is 4.79 Å². The lowest BCUT2D eigenvalue weighted by molar-refractivity contribution is 0.0955. The standard InChI is InChI=1S/C15H16N2O2S/c1-3-19-13-6-4-12(5-7-13)15(18)17-16-10-14-11(2)8-9-20-14/h4-10H,3H2,1-2H3,(H,17,18). The highest BCUT2D eigenvalue weighted by molar-refractivity contribution is 7.11. The molecule has 104 valence electrons. The quantitative estimate of drug-likeness (QED) is 0.678. The number of hydrazone groups is 1. The third-order valence-corrected chi connectivity index (χ3v) is 3.63. The first-order chi connectivity index (χ1) is 9.70. The molecule has 5 heteroatoms. The van der Waals surface area contributed by atoms with Gasteiger partial charge in [-0.25, -0.2) is 5.43 Å². The number of benzene rings is 1. The van der Waals surface area contributed by atoms with Crippen molar-refractivity contribution in [2.45, 2.75) is 13.8 Å². The van der Waals surface area contributed by atoms with Crippen molar-refractivity contribution >= 4 is 23.5 Å². The fraction of sp³-hybridized carbons (Fsp3) is 0.200. The highest BCUT2D eigenvalue weighted by Crippen LogP contribution is 2.13. The third-order valence-electron chi connectivity index (χ3n) is 2.68. The van der Waals surface area contributed by atoms with Crippen LogP contribution in [0.2, 0.25) is 0 Å². The molecule has 0 spiro atoms. The van der Waals surface area contributed by atoms with Crippen molar-refractivity contribution in [3.8, 4) is 5.75 Å². The SMILES string of the molecule is CCOc1ccc(C(=O)NN=Cc2sccc2C)cc1. The number of nitrogens with zero attached hydrogens (tertiary/aromatic N) is 1. The molecule has 1 N–H and O–H groups in total. The van der Waals surface area contributed by atoms with Gasteiger partial charge in [-0.15, -0.1) is 11.3 Å². The van der Waals surface area contributed by atoms with E-state index in [1.54, 1.807) is 41.8 Å². The zero-order valence-corrected chi connectivity index (χ0v) is 12.2. The summed E-state index contributed by atoms with van der Waals surface area (Å²) >= 11 is 1.59. The lowest BCUT2D eigenvalue weighted by Gasteiger charge is -2.03. The molecular formula is C15H16N2O2S. The predicted molar refractivity (Wildman–Crippen MR) is 81.7 cm³/mol. The van der Waals surface area contributed by atoms with Gasteiger partial charge in [-0.1, -0.05) is 0 Å². The molecule has 0 aliphatic heterocycles. The summed E-state index contributed by atoms with van der Waals surface area (Å²) in [4.78, 5) is 12.9. The van der Waals surface area contributed by atoms with E-state index in [1.807, 2.05) is 25.3 Å². The van der Waals surface area contributed by atoms with Crippen molar-refractivity contribution in [3.05, 3.63) is 51.7 Å². The first-order valence-corrected chi connectivity index (χ1v) is 7.19. The molecule has 0 saturated carbocycles. The Kier molecular flexibility index (Phi) is 4.90. The highest BCUT2D eigenvalue weighted by Gasteiger charge is 2.04. The van der Waals surface area contributed by atoms with E-state index >= 15 is 0 Å². The van der Waals surface area contributed by atoms with E-state index in [1.165, 1.54) is 0 Å². The number of nitrogens with one attached hydrogen (secondary N) is 1. The zero-order valence-electron chi connectivity index (χ0n) is 11.4. The number of ether oxygens (including phenoxy) is 1. The summed E-state index contributed by atoms with van der Waals surface area (Å²) in [5.41, 5.74) is 4.21. The minimum atomic E-state index is -0.237. The molecule has 0 atom stereocenters. The molecule has 0 saturated heterocycles. The summed E-state index contributed by atoms with van der Waals surface area (Å²) in [6.45, 7) is 4.53. The Balaban J connectivity index is 1.94. The maximum absolute atomic E-state index is 11.9. The molecule has 1 aromatic carbocycles. The van der Waals surface area contributed by atoms with Crippen LogP contribution in [-0.2, 0) is 0 Å². The van der Waals surface area contributed by atoms with Crippen LogP contribution in [0.25, 0.3) is 0 Å². The number of rotatable bonds is 5. The molecule has 2 aromatic rings. The normalized spacial score (nSPS) is 10.7. The van der Waals surface area contributed by atoms with E-state index in [-0.39, 0.29) is 5.91 Å². The minimum Gasteiger partial charge on any atom is -0.494 e. The monoisotopic (exact) mass is 288 g/mol. The molecule has 4 nitrogen and oxygen atoms in total. The Morgan fingerprint density at radius 2 is 2.10 bits per heavy atom. The topological polar surface area (TPSA) is 50.7 Å². The summed E-state index contributed by atoms with van der Waals surface area (Å²) in [5.74, 6) is 0.514. The number of amides is 1. The van der Waals surface area contributed by atoms with Crippen LogP contribution >= 0.6 is 11.3 Å². The lowest BCUT2D eigenvalue weighted by atomic mass is 10.2. The second-order valence-electron chi connectivity index (χ2n) is 4.12. The number of carbonyl (C=O) groups excluding carboxylic acids is 1. The van der Waals surface area contributed by atoms with E-state index in [9.17, 15) is 4.79 Å². The number of hydrogen-bond donors (Lipinski definition) is 1. The van der Waals surface area contributed by atoms with Crippen molar-refractivity contribution in [2.75, 3.05) is 6.61 Å².